The molecule has 8 heteroatoms. The van der Waals surface area contributed by atoms with Crippen LogP contribution in [0.15, 0.2) is 23.2 Å². The van der Waals surface area contributed by atoms with Crippen LogP contribution in [-0.2, 0) is 0 Å². The average molecular weight is 343 g/mol. The number of aliphatic hydroxyl groups excluding tert-OH is 1. The predicted molar refractivity (Wildman–Crippen MR) is 89.3 cm³/mol. The highest BCUT2D eigenvalue weighted by molar-refractivity contribution is 5.93. The van der Waals surface area contributed by atoms with Gasteiger partial charge in [0, 0.05) is 36.8 Å². The molecule has 1 aliphatic heterocycles. The smallest absolute Gasteiger partial charge is 0.273 e. The van der Waals surface area contributed by atoms with Crippen LogP contribution in [0.1, 0.15) is 47.1 Å². The highest BCUT2D eigenvalue weighted by Gasteiger charge is 2.34. The molecule has 2 fully saturated rings. The van der Waals surface area contributed by atoms with Gasteiger partial charge in [0.1, 0.15) is 17.9 Å². The third-order valence-corrected chi connectivity index (χ3v) is 5.01. The molecule has 2 aromatic rings. The van der Waals surface area contributed by atoms with Crippen LogP contribution in [0.2, 0.25) is 0 Å². The molecule has 0 aromatic carbocycles. The molecule has 132 valence electrons. The van der Waals surface area contributed by atoms with Crippen molar-refractivity contribution in [2.24, 2.45) is 0 Å². The molecule has 3 heterocycles. The Hall–Kier alpha value is -2.48. The summed E-state index contributed by atoms with van der Waals surface area (Å²) in [6.07, 6.45) is 5.06. The Morgan fingerprint density at radius 3 is 2.88 bits per heavy atom. The van der Waals surface area contributed by atoms with Crippen LogP contribution in [0.5, 0.6) is 0 Å². The second-order valence-corrected chi connectivity index (χ2v) is 6.79. The monoisotopic (exact) mass is 343 g/mol. The van der Waals surface area contributed by atoms with E-state index < -0.39 is 0 Å². The standard InChI is InChI=1S/C17H21N5O3/c1-10-16(20-9-25-10)17(24)21-12-4-11(5-12)14-6-15(19-8-18-14)22-3-2-13(23)7-22/h6,8-9,11-13,23H,2-5,7H2,1H3,(H,21,24)/t11?,12?,13-/m0/s1. The van der Waals surface area contributed by atoms with Gasteiger partial charge in [-0.05, 0) is 26.2 Å². The molecule has 2 aliphatic rings. The molecule has 1 atom stereocenters. The molecule has 0 radical (unpaired) electrons. The fourth-order valence-electron chi connectivity index (χ4n) is 3.46. The normalized spacial score (nSPS) is 25.7. The first-order valence-corrected chi connectivity index (χ1v) is 8.56. The maximum absolute atomic E-state index is 12.1. The van der Waals surface area contributed by atoms with Crippen molar-refractivity contribution >= 4 is 11.7 Å². The zero-order chi connectivity index (χ0) is 17.4. The van der Waals surface area contributed by atoms with Crippen LogP contribution in [0.4, 0.5) is 5.82 Å². The number of aliphatic hydroxyl groups is 1. The zero-order valence-electron chi connectivity index (χ0n) is 14.1. The number of aryl methyl sites for hydroxylation is 1. The number of nitrogens with one attached hydrogen (secondary N) is 1. The fraction of sp³-hybridized carbons (Fsp3) is 0.529. The average Bonchev–Trinajstić information content (AvgIpc) is 3.19. The number of anilines is 1. The lowest BCUT2D eigenvalue weighted by atomic mass is 9.78. The first-order valence-electron chi connectivity index (χ1n) is 8.56. The van der Waals surface area contributed by atoms with Crippen LogP contribution < -0.4 is 10.2 Å². The van der Waals surface area contributed by atoms with Gasteiger partial charge in [0.25, 0.3) is 5.91 Å². The lowest BCUT2D eigenvalue weighted by Gasteiger charge is -2.35. The van der Waals surface area contributed by atoms with Crippen molar-refractivity contribution in [3.8, 4) is 0 Å². The highest BCUT2D eigenvalue weighted by atomic mass is 16.3. The van der Waals surface area contributed by atoms with Gasteiger partial charge in [-0.3, -0.25) is 4.79 Å². The molecule has 0 unspecified atom stereocenters. The predicted octanol–water partition coefficient (Wildman–Crippen LogP) is 1.02. The summed E-state index contributed by atoms with van der Waals surface area (Å²) in [6.45, 7) is 3.16. The summed E-state index contributed by atoms with van der Waals surface area (Å²) in [6, 6.07) is 2.13. The van der Waals surface area contributed by atoms with Crippen molar-refractivity contribution in [1.29, 1.82) is 0 Å². The van der Waals surface area contributed by atoms with Crippen LogP contribution in [-0.4, -0.2) is 51.2 Å². The van der Waals surface area contributed by atoms with E-state index in [9.17, 15) is 9.90 Å². The van der Waals surface area contributed by atoms with Crippen LogP contribution in [0.3, 0.4) is 0 Å². The lowest BCUT2D eigenvalue weighted by Crippen LogP contribution is -2.43. The molecule has 2 N–H and O–H groups in total. The molecule has 0 spiro atoms. The largest absolute Gasteiger partial charge is 0.448 e. The highest BCUT2D eigenvalue weighted by Crippen LogP contribution is 2.37. The molecule has 1 saturated carbocycles. The summed E-state index contributed by atoms with van der Waals surface area (Å²) in [4.78, 5) is 26.9. The summed E-state index contributed by atoms with van der Waals surface area (Å²) in [7, 11) is 0. The van der Waals surface area contributed by atoms with Gasteiger partial charge < -0.3 is 19.7 Å². The van der Waals surface area contributed by atoms with E-state index in [0.29, 0.717) is 23.9 Å². The Balaban J connectivity index is 1.35. The number of carbonyl (C=O) groups is 1. The van der Waals surface area contributed by atoms with Crippen molar-refractivity contribution in [3.05, 3.63) is 35.9 Å². The minimum atomic E-state index is -0.276. The van der Waals surface area contributed by atoms with Crippen LogP contribution in [0.25, 0.3) is 0 Å². The first-order chi connectivity index (χ1) is 12.1. The van der Waals surface area contributed by atoms with E-state index in [1.807, 2.05) is 6.07 Å². The van der Waals surface area contributed by atoms with Crippen LogP contribution >= 0.6 is 0 Å². The third kappa shape index (κ3) is 3.21. The van der Waals surface area contributed by atoms with Crippen LogP contribution in [0, 0.1) is 6.92 Å². The maximum atomic E-state index is 12.1. The summed E-state index contributed by atoms with van der Waals surface area (Å²) >= 11 is 0. The number of β-amino-alcohol motifs (C(OH)–C–C–N with tert-alkyl or cyclic N) is 1. The fourth-order valence-corrected chi connectivity index (χ4v) is 3.46. The Bertz CT molecular complexity index is 771. The Labute approximate surface area is 145 Å². The Morgan fingerprint density at radius 1 is 1.36 bits per heavy atom. The van der Waals surface area contributed by atoms with Gasteiger partial charge in [-0.1, -0.05) is 0 Å². The quantitative estimate of drug-likeness (QED) is 0.854. The van der Waals surface area contributed by atoms with E-state index in [0.717, 1.165) is 37.3 Å². The minimum absolute atomic E-state index is 0.126. The number of carbonyl (C=O) groups excluding carboxylic acids is 1. The maximum Gasteiger partial charge on any atom is 0.273 e. The first kappa shape index (κ1) is 16.0. The number of hydrogen-bond acceptors (Lipinski definition) is 7. The number of amides is 1. The van der Waals surface area contributed by atoms with Gasteiger partial charge >= 0.3 is 0 Å². The summed E-state index contributed by atoms with van der Waals surface area (Å²) in [5.74, 6) is 1.52. The van der Waals surface area contributed by atoms with Gasteiger partial charge in [0.2, 0.25) is 0 Å². The number of oxazole rings is 1. The molecule has 2 aromatic heterocycles. The second-order valence-electron chi connectivity index (χ2n) is 6.79. The SMILES string of the molecule is Cc1ocnc1C(=O)NC1CC(c2cc(N3CC[C@H](O)C3)ncn2)C1. The van der Waals surface area contributed by atoms with Crippen molar-refractivity contribution in [2.75, 3.05) is 18.0 Å². The lowest BCUT2D eigenvalue weighted by molar-refractivity contribution is 0.0902. The van der Waals surface area contributed by atoms with E-state index in [1.165, 1.54) is 6.39 Å². The summed E-state index contributed by atoms with van der Waals surface area (Å²) < 4.78 is 5.07. The zero-order valence-corrected chi connectivity index (χ0v) is 14.1. The van der Waals surface area contributed by atoms with Gasteiger partial charge in [0.15, 0.2) is 12.1 Å². The molecule has 1 saturated heterocycles. The minimum Gasteiger partial charge on any atom is -0.448 e. The molecule has 1 amide bonds. The molecule has 1 aliphatic carbocycles. The van der Waals surface area contributed by atoms with Crippen molar-refractivity contribution in [1.82, 2.24) is 20.3 Å². The third-order valence-electron chi connectivity index (χ3n) is 5.01. The second kappa shape index (κ2) is 6.44. The Morgan fingerprint density at radius 2 is 2.20 bits per heavy atom. The molecular formula is C17H21N5O3. The summed E-state index contributed by atoms with van der Waals surface area (Å²) in [5.41, 5.74) is 1.34. The van der Waals surface area contributed by atoms with E-state index in [-0.39, 0.29) is 18.1 Å². The van der Waals surface area contributed by atoms with Crippen molar-refractivity contribution < 1.29 is 14.3 Å². The van der Waals surface area contributed by atoms with E-state index in [1.54, 1.807) is 13.3 Å². The van der Waals surface area contributed by atoms with Gasteiger partial charge in [-0.2, -0.15) is 0 Å². The van der Waals surface area contributed by atoms with Crippen molar-refractivity contribution in [2.45, 2.75) is 44.2 Å². The summed E-state index contributed by atoms with van der Waals surface area (Å²) in [5, 5.41) is 12.7. The molecule has 0 bridgehead atoms. The van der Waals surface area contributed by atoms with Gasteiger partial charge in [-0.25, -0.2) is 15.0 Å². The van der Waals surface area contributed by atoms with E-state index in [2.05, 4.69) is 25.2 Å². The van der Waals surface area contributed by atoms with Gasteiger partial charge in [0.05, 0.1) is 6.10 Å². The number of nitrogens with zero attached hydrogens (tertiary/aromatic N) is 4. The number of hydrogen-bond donors (Lipinski definition) is 2. The Kier molecular flexibility index (Phi) is 4.12. The molecule has 25 heavy (non-hydrogen) atoms. The molecule has 8 nitrogen and oxygen atoms in total. The molecule has 4 rings (SSSR count). The van der Waals surface area contributed by atoms with E-state index >= 15 is 0 Å². The molecular weight excluding hydrogens is 322 g/mol. The number of aromatic nitrogens is 3. The number of rotatable bonds is 4. The van der Waals surface area contributed by atoms with Gasteiger partial charge in [-0.15, -0.1) is 0 Å². The van der Waals surface area contributed by atoms with Crippen molar-refractivity contribution in [3.63, 3.8) is 0 Å². The topological polar surface area (TPSA) is 104 Å². The van der Waals surface area contributed by atoms with E-state index in [4.69, 9.17) is 4.42 Å².